The summed E-state index contributed by atoms with van der Waals surface area (Å²) in [7, 11) is 0. The van der Waals surface area contributed by atoms with Gasteiger partial charge in [0.15, 0.2) is 0 Å². The van der Waals surface area contributed by atoms with E-state index in [0.717, 1.165) is 16.7 Å². The van der Waals surface area contributed by atoms with Gasteiger partial charge in [-0.25, -0.2) is 0 Å². The van der Waals surface area contributed by atoms with Crippen molar-refractivity contribution in [3.63, 3.8) is 0 Å². The van der Waals surface area contributed by atoms with Crippen molar-refractivity contribution in [2.75, 3.05) is 0 Å². The number of carbonyl (C=O) groups excluding carboxylic acids is 1. The van der Waals surface area contributed by atoms with Gasteiger partial charge in [-0.3, -0.25) is 4.79 Å². The fraction of sp³-hybridized carbons (Fsp3) is 0.350. The van der Waals surface area contributed by atoms with Crippen LogP contribution in [-0.4, -0.2) is 22.9 Å². The Bertz CT molecular complexity index is 633. The number of aryl methyl sites for hydroxylation is 1. The summed E-state index contributed by atoms with van der Waals surface area (Å²) in [5, 5.41) is 0. The normalized spacial score (nSPS) is 11.0. The third-order valence-electron chi connectivity index (χ3n) is 3.84. The van der Waals surface area contributed by atoms with Gasteiger partial charge in [0.25, 0.3) is 5.91 Å². The number of carbonyl (C=O) groups is 1. The number of hydrogen-bond donors (Lipinski definition) is 0. The van der Waals surface area contributed by atoms with E-state index < -0.39 is 0 Å². The van der Waals surface area contributed by atoms with Crippen LogP contribution >= 0.6 is 0 Å². The minimum absolute atomic E-state index is 0.0963. The first-order valence-corrected chi connectivity index (χ1v) is 7.90. The molecular weight excluding hydrogens is 270 g/mol. The number of nitrogens with zero attached hydrogens (tertiary/aromatic N) is 1. The molecule has 116 valence electrons. The highest BCUT2D eigenvalue weighted by atomic mass is 16.2. The summed E-state index contributed by atoms with van der Waals surface area (Å²) < 4.78 is 0. The number of hydrogen-bond acceptors (Lipinski definition) is 1. The monoisotopic (exact) mass is 295 g/mol. The predicted molar refractivity (Wildman–Crippen MR) is 93.1 cm³/mol. The van der Waals surface area contributed by atoms with Gasteiger partial charge in [-0.15, -0.1) is 0 Å². The molecule has 0 aliphatic heterocycles. The molecule has 0 atom stereocenters. The standard InChI is InChI=1S/C20H25NO/c1-14(2)21(15(3)4)20(22)19-8-6-7-18(13-19)17-11-9-16(5)10-12-17/h6-15H,1-5H3. The Balaban J connectivity index is 2.35. The third-order valence-corrected chi connectivity index (χ3v) is 3.84. The number of rotatable bonds is 4. The van der Waals surface area contributed by atoms with E-state index in [4.69, 9.17) is 0 Å². The molecule has 0 saturated heterocycles. The van der Waals surface area contributed by atoms with E-state index in [1.807, 2.05) is 23.1 Å². The highest BCUT2D eigenvalue weighted by Gasteiger charge is 2.21. The maximum absolute atomic E-state index is 12.8. The summed E-state index contributed by atoms with van der Waals surface area (Å²) in [6.45, 7) is 10.3. The zero-order chi connectivity index (χ0) is 16.3. The van der Waals surface area contributed by atoms with Crippen molar-refractivity contribution >= 4 is 5.91 Å². The Morgan fingerprint density at radius 1 is 0.864 bits per heavy atom. The van der Waals surface area contributed by atoms with Crippen molar-refractivity contribution in [1.29, 1.82) is 0 Å². The van der Waals surface area contributed by atoms with Crippen LogP contribution in [0.25, 0.3) is 11.1 Å². The van der Waals surface area contributed by atoms with Crippen molar-refractivity contribution in [2.45, 2.75) is 46.7 Å². The molecule has 2 aromatic carbocycles. The average Bonchev–Trinajstić information content (AvgIpc) is 2.47. The topological polar surface area (TPSA) is 20.3 Å². The minimum Gasteiger partial charge on any atom is -0.334 e. The van der Waals surface area contributed by atoms with Gasteiger partial charge in [0.2, 0.25) is 0 Å². The Morgan fingerprint density at radius 3 is 2.00 bits per heavy atom. The molecule has 0 fully saturated rings. The van der Waals surface area contributed by atoms with E-state index in [2.05, 4.69) is 65.0 Å². The van der Waals surface area contributed by atoms with E-state index >= 15 is 0 Å². The summed E-state index contributed by atoms with van der Waals surface area (Å²) in [5.41, 5.74) is 4.21. The van der Waals surface area contributed by atoms with Gasteiger partial charge in [-0.2, -0.15) is 0 Å². The first-order valence-electron chi connectivity index (χ1n) is 7.90. The van der Waals surface area contributed by atoms with Crippen molar-refractivity contribution in [3.05, 3.63) is 59.7 Å². The molecule has 0 saturated carbocycles. The van der Waals surface area contributed by atoms with Gasteiger partial charge in [0.05, 0.1) is 0 Å². The maximum Gasteiger partial charge on any atom is 0.254 e. The van der Waals surface area contributed by atoms with Crippen molar-refractivity contribution < 1.29 is 4.79 Å². The highest BCUT2D eigenvalue weighted by molar-refractivity contribution is 5.95. The molecule has 2 aromatic rings. The molecule has 2 heteroatoms. The molecule has 0 radical (unpaired) electrons. The summed E-state index contributed by atoms with van der Waals surface area (Å²) in [6, 6.07) is 16.7. The lowest BCUT2D eigenvalue weighted by Gasteiger charge is -2.31. The quantitative estimate of drug-likeness (QED) is 0.784. The molecule has 2 rings (SSSR count). The molecule has 0 spiro atoms. The molecule has 22 heavy (non-hydrogen) atoms. The fourth-order valence-corrected chi connectivity index (χ4v) is 2.79. The van der Waals surface area contributed by atoms with E-state index in [9.17, 15) is 4.79 Å². The van der Waals surface area contributed by atoms with E-state index in [1.165, 1.54) is 5.56 Å². The molecule has 1 amide bonds. The van der Waals surface area contributed by atoms with Crippen LogP contribution < -0.4 is 0 Å². The van der Waals surface area contributed by atoms with Crippen LogP contribution in [0.2, 0.25) is 0 Å². The predicted octanol–water partition coefficient (Wildman–Crippen LogP) is 4.92. The number of amides is 1. The van der Waals surface area contributed by atoms with Crippen LogP contribution in [0.1, 0.15) is 43.6 Å². The molecule has 0 aliphatic rings. The second-order valence-electron chi connectivity index (χ2n) is 6.35. The fourth-order valence-electron chi connectivity index (χ4n) is 2.79. The number of benzene rings is 2. The van der Waals surface area contributed by atoms with E-state index in [-0.39, 0.29) is 18.0 Å². The van der Waals surface area contributed by atoms with Gasteiger partial charge in [-0.05, 0) is 57.9 Å². The van der Waals surface area contributed by atoms with Gasteiger partial charge < -0.3 is 4.90 Å². The van der Waals surface area contributed by atoms with Gasteiger partial charge >= 0.3 is 0 Å². The van der Waals surface area contributed by atoms with Crippen LogP contribution in [0.5, 0.6) is 0 Å². The van der Waals surface area contributed by atoms with Crippen LogP contribution in [0.15, 0.2) is 48.5 Å². The molecule has 0 N–H and O–H groups in total. The Kier molecular flexibility index (Phi) is 5.02. The molecule has 0 aliphatic carbocycles. The molecule has 0 unspecified atom stereocenters. The second-order valence-corrected chi connectivity index (χ2v) is 6.35. The molecule has 0 aromatic heterocycles. The second kappa shape index (κ2) is 6.78. The van der Waals surface area contributed by atoms with Gasteiger partial charge in [-0.1, -0.05) is 42.0 Å². The molecular formula is C20H25NO. The first-order chi connectivity index (χ1) is 10.4. The first kappa shape index (κ1) is 16.3. The molecule has 2 nitrogen and oxygen atoms in total. The van der Waals surface area contributed by atoms with Crippen LogP contribution in [0.4, 0.5) is 0 Å². The summed E-state index contributed by atoms with van der Waals surface area (Å²) in [6.07, 6.45) is 0. The van der Waals surface area contributed by atoms with Crippen LogP contribution in [0.3, 0.4) is 0 Å². The lowest BCUT2D eigenvalue weighted by atomic mass is 10.0. The summed E-state index contributed by atoms with van der Waals surface area (Å²) >= 11 is 0. The molecule has 0 bridgehead atoms. The van der Waals surface area contributed by atoms with E-state index in [0.29, 0.717) is 0 Å². The van der Waals surface area contributed by atoms with Gasteiger partial charge in [0, 0.05) is 17.6 Å². The largest absolute Gasteiger partial charge is 0.334 e. The minimum atomic E-state index is 0.0963. The summed E-state index contributed by atoms with van der Waals surface area (Å²) in [4.78, 5) is 14.7. The van der Waals surface area contributed by atoms with Crippen molar-refractivity contribution in [1.82, 2.24) is 4.90 Å². The van der Waals surface area contributed by atoms with Crippen molar-refractivity contribution in [2.24, 2.45) is 0 Å². The van der Waals surface area contributed by atoms with Crippen LogP contribution in [-0.2, 0) is 0 Å². The zero-order valence-electron chi connectivity index (χ0n) is 14.1. The average molecular weight is 295 g/mol. The Labute approximate surface area is 133 Å². The zero-order valence-corrected chi connectivity index (χ0v) is 14.1. The maximum atomic E-state index is 12.8. The lowest BCUT2D eigenvalue weighted by Crippen LogP contribution is -2.42. The van der Waals surface area contributed by atoms with Gasteiger partial charge in [0.1, 0.15) is 0 Å². The van der Waals surface area contributed by atoms with E-state index in [1.54, 1.807) is 0 Å². The molecule has 0 heterocycles. The third kappa shape index (κ3) is 3.56. The Morgan fingerprint density at radius 2 is 1.45 bits per heavy atom. The smallest absolute Gasteiger partial charge is 0.254 e. The van der Waals surface area contributed by atoms with Crippen molar-refractivity contribution in [3.8, 4) is 11.1 Å². The van der Waals surface area contributed by atoms with Crippen LogP contribution in [0, 0.1) is 6.92 Å². The lowest BCUT2D eigenvalue weighted by molar-refractivity contribution is 0.0644. The Hall–Kier alpha value is -2.09. The highest BCUT2D eigenvalue weighted by Crippen LogP contribution is 2.22. The SMILES string of the molecule is Cc1ccc(-c2cccc(C(=O)N(C(C)C)C(C)C)c2)cc1. The summed E-state index contributed by atoms with van der Waals surface area (Å²) in [5.74, 6) is 0.0963.